The lowest BCUT2D eigenvalue weighted by atomic mass is 9.80. The van der Waals surface area contributed by atoms with Gasteiger partial charge in [-0.25, -0.2) is 4.79 Å². The molecule has 5 saturated heterocycles. The van der Waals surface area contributed by atoms with E-state index in [-0.39, 0.29) is 12.5 Å². The Bertz CT molecular complexity index is 1800. The van der Waals surface area contributed by atoms with Gasteiger partial charge in [0.05, 0.1) is 60.5 Å². The van der Waals surface area contributed by atoms with Gasteiger partial charge in [-0.3, -0.25) is 14.4 Å². The van der Waals surface area contributed by atoms with Crippen LogP contribution in [0.1, 0.15) is 146 Å². The zero-order valence-electron chi connectivity index (χ0n) is 45.2. The topological polar surface area (TPSA) is 311 Å². The van der Waals surface area contributed by atoms with Gasteiger partial charge < -0.3 is 87.9 Å². The fourth-order valence-electron chi connectivity index (χ4n) is 10.1. The van der Waals surface area contributed by atoms with Crippen LogP contribution in [-0.2, 0) is 71.3 Å². The standard InChI is InChI=1S/C53H88O22/c1-10-12-18-22-32-23-19-16-14-13-15-17-20-24-35(56)72-47-44(74-52-42(62)41(61)43(30(8)67-52)71-34(55)21-11-2)31(9)68-53(48(47)73-50(64)27(5)28(6)54)75-46-40(60)38(58)33(25-65-49(63)26(3)4)70-45(46)36-39(59)37(57)29(7)66-51(36)69-32/h11,21,26-33,36-48,51-54,57-62H,10,12-20,22-25H2,1-9H3/b21-11+/t27?,28-,29+,30+,31-,32?,33+,36-,37+,38+,39+,40-,41+,42+,43+,44-,45-,46+,47+,48+,51-,52-,53-/m0/s1. The highest BCUT2D eigenvalue weighted by Gasteiger charge is 2.60. The molecule has 432 valence electrons. The van der Waals surface area contributed by atoms with Crippen LogP contribution in [0.3, 0.4) is 0 Å². The van der Waals surface area contributed by atoms with E-state index in [4.69, 9.17) is 52.1 Å². The van der Waals surface area contributed by atoms with E-state index in [1.807, 2.05) is 0 Å². The minimum absolute atomic E-state index is 0.0863. The molecule has 5 heterocycles. The van der Waals surface area contributed by atoms with Crippen molar-refractivity contribution < 1.29 is 107 Å². The number of unbranched alkanes of at least 4 members (excludes halogenated alkanes) is 2. The van der Waals surface area contributed by atoms with Gasteiger partial charge >= 0.3 is 23.9 Å². The molecule has 0 radical (unpaired) electrons. The van der Waals surface area contributed by atoms with Gasteiger partial charge in [-0.15, -0.1) is 0 Å². The molecule has 7 N–H and O–H groups in total. The molecule has 22 nitrogen and oxygen atoms in total. The van der Waals surface area contributed by atoms with Crippen molar-refractivity contribution in [3.05, 3.63) is 12.2 Å². The average molecular weight is 1080 g/mol. The second kappa shape index (κ2) is 29.9. The molecular formula is C53H88O22. The fraction of sp³-hybridized carbons (Fsp3) is 0.887. The Kier molecular flexibility index (Phi) is 25.0. The summed E-state index contributed by atoms with van der Waals surface area (Å²) in [6.07, 6.45) is -19.8. The van der Waals surface area contributed by atoms with Gasteiger partial charge in [0.2, 0.25) is 0 Å². The molecule has 2 unspecified atom stereocenters. The summed E-state index contributed by atoms with van der Waals surface area (Å²) < 4.78 is 68.4. The normalized spacial score (nSPS) is 40.7. The largest absolute Gasteiger partial charge is 0.463 e. The smallest absolute Gasteiger partial charge is 0.330 e. The summed E-state index contributed by atoms with van der Waals surface area (Å²) in [5, 5.41) is 81.0. The van der Waals surface area contributed by atoms with Gasteiger partial charge in [-0.05, 0) is 60.8 Å². The van der Waals surface area contributed by atoms with Crippen molar-refractivity contribution in [1.29, 1.82) is 0 Å². The Morgan fingerprint density at radius 3 is 1.96 bits per heavy atom. The van der Waals surface area contributed by atoms with Gasteiger partial charge in [0.25, 0.3) is 0 Å². The van der Waals surface area contributed by atoms with Crippen LogP contribution in [0.5, 0.6) is 0 Å². The van der Waals surface area contributed by atoms with Crippen molar-refractivity contribution in [2.45, 2.75) is 275 Å². The number of aliphatic hydroxyl groups is 7. The van der Waals surface area contributed by atoms with Gasteiger partial charge in [0.1, 0.15) is 55.4 Å². The minimum atomic E-state index is -1.97. The number of esters is 4. The summed E-state index contributed by atoms with van der Waals surface area (Å²) >= 11 is 0. The van der Waals surface area contributed by atoms with Crippen LogP contribution in [0, 0.1) is 17.8 Å². The molecule has 0 spiro atoms. The number of ether oxygens (including phenoxy) is 11. The first-order valence-corrected chi connectivity index (χ1v) is 27.3. The molecule has 0 aliphatic carbocycles. The fourth-order valence-corrected chi connectivity index (χ4v) is 10.1. The van der Waals surface area contributed by atoms with Crippen molar-refractivity contribution in [2.24, 2.45) is 17.8 Å². The van der Waals surface area contributed by atoms with E-state index in [9.17, 15) is 54.9 Å². The number of hydrogen-bond acceptors (Lipinski definition) is 22. The van der Waals surface area contributed by atoms with Gasteiger partial charge in [-0.1, -0.05) is 84.6 Å². The van der Waals surface area contributed by atoms with Crippen molar-refractivity contribution >= 4 is 23.9 Å². The van der Waals surface area contributed by atoms with Crippen molar-refractivity contribution in [3.63, 3.8) is 0 Å². The zero-order valence-corrected chi connectivity index (χ0v) is 45.2. The molecule has 2 bridgehead atoms. The zero-order chi connectivity index (χ0) is 55.3. The third-order valence-electron chi connectivity index (χ3n) is 15.0. The van der Waals surface area contributed by atoms with Crippen LogP contribution in [-0.4, -0.2) is 195 Å². The molecular weight excluding hydrogens is 989 g/mol. The van der Waals surface area contributed by atoms with E-state index < -0.39 is 171 Å². The molecule has 0 aromatic carbocycles. The monoisotopic (exact) mass is 1080 g/mol. The molecule has 5 rings (SSSR count). The first-order valence-electron chi connectivity index (χ1n) is 27.3. The minimum Gasteiger partial charge on any atom is -0.463 e. The van der Waals surface area contributed by atoms with E-state index in [1.165, 1.54) is 33.8 Å². The second-order valence-corrected chi connectivity index (χ2v) is 21.3. The van der Waals surface area contributed by atoms with Crippen molar-refractivity contribution in [3.8, 4) is 0 Å². The second-order valence-electron chi connectivity index (χ2n) is 21.3. The molecule has 5 aliphatic heterocycles. The number of allylic oxidation sites excluding steroid dienone is 1. The van der Waals surface area contributed by atoms with Crippen LogP contribution in [0.15, 0.2) is 12.2 Å². The summed E-state index contributed by atoms with van der Waals surface area (Å²) in [5.41, 5.74) is 0. The summed E-state index contributed by atoms with van der Waals surface area (Å²) in [5.74, 6) is -6.36. The predicted octanol–water partition coefficient (Wildman–Crippen LogP) is 2.56. The third-order valence-corrected chi connectivity index (χ3v) is 15.0. The molecule has 0 aromatic rings. The summed E-state index contributed by atoms with van der Waals surface area (Å²) in [6.45, 7) is 13.6. The van der Waals surface area contributed by atoms with E-state index in [0.717, 1.165) is 57.4 Å². The van der Waals surface area contributed by atoms with Crippen LogP contribution in [0.2, 0.25) is 0 Å². The van der Waals surface area contributed by atoms with Gasteiger partial charge in [0, 0.05) is 12.5 Å². The maximum absolute atomic E-state index is 14.0. The van der Waals surface area contributed by atoms with Crippen LogP contribution >= 0.6 is 0 Å². The van der Waals surface area contributed by atoms with Crippen molar-refractivity contribution in [2.75, 3.05) is 6.61 Å². The Morgan fingerprint density at radius 1 is 0.653 bits per heavy atom. The first-order chi connectivity index (χ1) is 35.6. The Balaban J connectivity index is 1.63. The highest BCUT2D eigenvalue weighted by Crippen LogP contribution is 2.41. The third kappa shape index (κ3) is 16.8. The van der Waals surface area contributed by atoms with E-state index >= 15 is 0 Å². The number of carbonyl (C=O) groups excluding carboxylic acids is 4. The predicted molar refractivity (Wildman–Crippen MR) is 263 cm³/mol. The van der Waals surface area contributed by atoms with Crippen LogP contribution < -0.4 is 0 Å². The molecule has 5 aliphatic rings. The molecule has 0 saturated carbocycles. The van der Waals surface area contributed by atoms with E-state index in [2.05, 4.69) is 6.92 Å². The van der Waals surface area contributed by atoms with E-state index in [1.54, 1.807) is 27.7 Å². The van der Waals surface area contributed by atoms with Gasteiger partial charge in [0.15, 0.2) is 37.2 Å². The van der Waals surface area contributed by atoms with Crippen LogP contribution in [0.4, 0.5) is 0 Å². The number of hydrogen-bond donors (Lipinski definition) is 7. The number of aliphatic hydroxyl groups excluding tert-OH is 7. The average Bonchev–Trinajstić information content (AvgIpc) is 3.35. The summed E-state index contributed by atoms with van der Waals surface area (Å²) in [7, 11) is 0. The summed E-state index contributed by atoms with van der Waals surface area (Å²) in [6, 6.07) is 0. The van der Waals surface area contributed by atoms with Gasteiger partial charge in [-0.2, -0.15) is 0 Å². The lowest BCUT2D eigenvalue weighted by molar-refractivity contribution is -0.378. The van der Waals surface area contributed by atoms with Crippen LogP contribution in [0.25, 0.3) is 0 Å². The molecule has 75 heavy (non-hydrogen) atoms. The maximum Gasteiger partial charge on any atom is 0.330 e. The lowest BCUT2D eigenvalue weighted by Gasteiger charge is -2.52. The molecule has 0 amide bonds. The van der Waals surface area contributed by atoms with E-state index in [0.29, 0.717) is 25.7 Å². The highest BCUT2D eigenvalue weighted by molar-refractivity contribution is 5.82. The maximum atomic E-state index is 14.0. The Morgan fingerprint density at radius 2 is 1.31 bits per heavy atom. The first kappa shape index (κ1) is 62.9. The van der Waals surface area contributed by atoms with Crippen molar-refractivity contribution in [1.82, 2.24) is 0 Å². The Hall–Kier alpha value is -2.94. The molecule has 23 atom stereocenters. The highest BCUT2D eigenvalue weighted by atomic mass is 16.8. The number of carbonyl (C=O) groups is 4. The summed E-state index contributed by atoms with van der Waals surface area (Å²) in [4.78, 5) is 53.3. The number of fused-ring (bicyclic) bond motifs is 5. The quantitative estimate of drug-likeness (QED) is 0.0569. The Labute approximate surface area is 440 Å². The molecule has 5 fully saturated rings. The number of rotatable bonds is 14. The lowest BCUT2D eigenvalue weighted by Crippen LogP contribution is -2.70. The molecule has 22 heteroatoms. The SMILES string of the molecule is C/C=C/C(=O)O[C@H]1[C@H](O)[C@@H](O)[C@H](O[C@@H]2[C@H]3OC(=O)CCCCCCCCCC(CCCCC)O[C@@H]4O[C@H](C)[C@@H](O)[C@H](O)[C@H]4[C@@H]4O[C@H](COC(=O)C(C)C)[C@@H](O)[C@H](O)[C@H]4O[C@H](O[C@H]2C)[C@@H]3OC(=O)C(C)[C@H](C)O)O[C@@H]1C. The molecule has 0 aromatic heterocycles.